The van der Waals surface area contributed by atoms with Crippen molar-refractivity contribution in [3.63, 3.8) is 0 Å². The van der Waals surface area contributed by atoms with Crippen LogP contribution in [-0.4, -0.2) is 11.1 Å². The Hall–Kier alpha value is -3.12. The highest BCUT2D eigenvalue weighted by Gasteiger charge is 2.16. The van der Waals surface area contributed by atoms with Crippen LogP contribution in [0.2, 0.25) is 5.02 Å². The molecule has 6 nitrogen and oxygen atoms in total. The van der Waals surface area contributed by atoms with Gasteiger partial charge in [-0.25, -0.2) is 0 Å². The van der Waals surface area contributed by atoms with Crippen molar-refractivity contribution in [1.82, 2.24) is 5.43 Å². The molecule has 1 N–H and O–H groups in total. The fourth-order valence-corrected chi connectivity index (χ4v) is 2.49. The van der Waals surface area contributed by atoms with E-state index in [4.69, 9.17) is 16.0 Å². The molecule has 0 saturated heterocycles. The normalized spacial score (nSPS) is 10.9. The summed E-state index contributed by atoms with van der Waals surface area (Å²) in [6.45, 7) is 0.480. The van der Waals surface area contributed by atoms with E-state index >= 15 is 0 Å². The van der Waals surface area contributed by atoms with E-state index in [9.17, 15) is 10.1 Å². The lowest BCUT2D eigenvalue weighted by Gasteiger charge is -2.02. The number of hydrogen-bond donors (Lipinski definition) is 1. The van der Waals surface area contributed by atoms with Gasteiger partial charge in [-0.2, -0.15) is 5.10 Å². The number of furan rings is 1. The molecule has 0 aliphatic heterocycles. The number of nitro groups is 1. The van der Waals surface area contributed by atoms with E-state index in [1.54, 1.807) is 30.3 Å². The average Bonchev–Trinajstić information content (AvgIpc) is 3.09. The summed E-state index contributed by atoms with van der Waals surface area (Å²) in [7, 11) is 0. The van der Waals surface area contributed by atoms with Crippen LogP contribution in [-0.2, 0) is 6.54 Å². The first kappa shape index (κ1) is 16.7. The van der Waals surface area contributed by atoms with E-state index in [1.165, 1.54) is 12.3 Å². The zero-order valence-electron chi connectivity index (χ0n) is 13.1. The second kappa shape index (κ2) is 7.63. The molecule has 126 valence electrons. The van der Waals surface area contributed by atoms with Crippen molar-refractivity contribution in [2.24, 2.45) is 5.10 Å². The lowest BCUT2D eigenvalue weighted by atomic mass is 10.1. The van der Waals surface area contributed by atoms with Gasteiger partial charge in [-0.05, 0) is 29.8 Å². The average molecular weight is 356 g/mol. The molecule has 2 aromatic carbocycles. The molecule has 7 heteroatoms. The zero-order chi connectivity index (χ0) is 17.6. The number of nitrogens with zero attached hydrogens (tertiary/aromatic N) is 2. The first-order chi connectivity index (χ1) is 12.1. The molecule has 3 aromatic rings. The molecular weight excluding hydrogens is 342 g/mol. The summed E-state index contributed by atoms with van der Waals surface area (Å²) in [5.74, 6) is 0.902. The van der Waals surface area contributed by atoms with Gasteiger partial charge in [-0.15, -0.1) is 0 Å². The quantitative estimate of drug-likeness (QED) is 0.397. The Bertz CT molecular complexity index is 921. The number of para-hydroxylation sites is 1. The summed E-state index contributed by atoms with van der Waals surface area (Å²) >= 11 is 6.07. The predicted molar refractivity (Wildman–Crippen MR) is 96.7 cm³/mol. The lowest BCUT2D eigenvalue weighted by Crippen LogP contribution is -2.05. The third-order valence-corrected chi connectivity index (χ3v) is 3.87. The molecule has 1 heterocycles. The van der Waals surface area contributed by atoms with Gasteiger partial charge in [0.2, 0.25) is 0 Å². The van der Waals surface area contributed by atoms with Gasteiger partial charge in [0.05, 0.1) is 23.2 Å². The summed E-state index contributed by atoms with van der Waals surface area (Å²) in [4.78, 5) is 10.7. The molecule has 0 fully saturated rings. The third kappa shape index (κ3) is 4.05. The smallest absolute Gasteiger partial charge is 0.280 e. The minimum absolute atomic E-state index is 0.00261. The zero-order valence-corrected chi connectivity index (χ0v) is 13.8. The van der Waals surface area contributed by atoms with Crippen molar-refractivity contribution < 1.29 is 9.34 Å². The summed E-state index contributed by atoms with van der Waals surface area (Å²) in [5.41, 5.74) is 4.24. The molecular formula is C18H14ClN3O3. The number of hydrazone groups is 1. The van der Waals surface area contributed by atoms with Crippen molar-refractivity contribution in [2.45, 2.75) is 6.54 Å². The molecule has 0 radical (unpaired) electrons. The lowest BCUT2D eigenvalue weighted by molar-refractivity contribution is -0.384. The maximum Gasteiger partial charge on any atom is 0.280 e. The van der Waals surface area contributed by atoms with E-state index in [1.807, 2.05) is 24.3 Å². The molecule has 0 atom stereocenters. The van der Waals surface area contributed by atoms with Crippen LogP contribution in [0.3, 0.4) is 0 Å². The van der Waals surface area contributed by atoms with Gasteiger partial charge in [0.15, 0.2) is 0 Å². The van der Waals surface area contributed by atoms with Gasteiger partial charge in [0, 0.05) is 11.1 Å². The molecule has 0 aliphatic rings. The number of nitrogens with one attached hydrogen (secondary N) is 1. The third-order valence-electron chi connectivity index (χ3n) is 3.50. The summed E-state index contributed by atoms with van der Waals surface area (Å²) in [5, 5.41) is 15.8. The molecule has 0 aliphatic carbocycles. The number of hydrogen-bond acceptors (Lipinski definition) is 5. The summed E-state index contributed by atoms with van der Waals surface area (Å²) < 4.78 is 5.62. The minimum Gasteiger partial charge on any atom is -0.455 e. The molecule has 1 aromatic heterocycles. The van der Waals surface area contributed by atoms with E-state index < -0.39 is 4.92 Å². The second-order valence-electron chi connectivity index (χ2n) is 5.16. The Morgan fingerprint density at radius 3 is 2.68 bits per heavy atom. The number of benzene rings is 2. The minimum atomic E-state index is -0.434. The monoisotopic (exact) mass is 355 g/mol. The maximum atomic E-state index is 11.1. The fraction of sp³-hybridized carbons (Fsp3) is 0.0556. The van der Waals surface area contributed by atoms with Crippen molar-refractivity contribution in [3.8, 4) is 11.3 Å². The van der Waals surface area contributed by atoms with Crippen molar-refractivity contribution in [2.75, 3.05) is 0 Å². The van der Waals surface area contributed by atoms with Gasteiger partial charge in [-0.3, -0.25) is 10.1 Å². The maximum absolute atomic E-state index is 11.1. The van der Waals surface area contributed by atoms with Gasteiger partial charge < -0.3 is 9.84 Å². The standard InChI is InChI=1S/C18H14ClN3O3/c19-16-7-3-1-5-13(16)11-20-21-12-14-9-10-18(25-14)15-6-2-4-8-17(15)22(23)24/h1-10,12,20H,11H2/b21-12-. The van der Waals surface area contributed by atoms with Crippen LogP contribution in [0.25, 0.3) is 11.3 Å². The molecule has 0 bridgehead atoms. The number of nitro benzene ring substituents is 1. The first-order valence-corrected chi connectivity index (χ1v) is 7.86. The topological polar surface area (TPSA) is 80.7 Å². The van der Waals surface area contributed by atoms with Gasteiger partial charge in [-0.1, -0.05) is 41.9 Å². The number of halogens is 1. The van der Waals surface area contributed by atoms with Crippen LogP contribution in [0.5, 0.6) is 0 Å². The Morgan fingerprint density at radius 2 is 1.88 bits per heavy atom. The van der Waals surface area contributed by atoms with E-state index in [0.29, 0.717) is 28.7 Å². The van der Waals surface area contributed by atoms with E-state index in [2.05, 4.69) is 10.5 Å². The highest BCUT2D eigenvalue weighted by atomic mass is 35.5. The van der Waals surface area contributed by atoms with Crippen molar-refractivity contribution in [1.29, 1.82) is 0 Å². The van der Waals surface area contributed by atoms with Crippen LogP contribution in [0.4, 0.5) is 5.69 Å². The Morgan fingerprint density at radius 1 is 1.12 bits per heavy atom. The van der Waals surface area contributed by atoms with E-state index in [0.717, 1.165) is 5.56 Å². The second-order valence-corrected chi connectivity index (χ2v) is 5.57. The highest BCUT2D eigenvalue weighted by Crippen LogP contribution is 2.30. The van der Waals surface area contributed by atoms with Crippen LogP contribution in [0, 0.1) is 10.1 Å². The van der Waals surface area contributed by atoms with Gasteiger partial charge in [0.1, 0.15) is 11.5 Å². The summed E-state index contributed by atoms with van der Waals surface area (Å²) in [6.07, 6.45) is 1.51. The SMILES string of the molecule is O=[N+]([O-])c1ccccc1-c1ccc(/C=N\NCc2ccccc2Cl)o1. The van der Waals surface area contributed by atoms with Gasteiger partial charge >= 0.3 is 0 Å². The predicted octanol–water partition coefficient (Wildman–Crippen LogP) is 4.63. The fourth-order valence-electron chi connectivity index (χ4n) is 2.29. The molecule has 0 spiro atoms. The Balaban J connectivity index is 1.68. The van der Waals surface area contributed by atoms with Crippen LogP contribution in [0.15, 0.2) is 70.2 Å². The molecule has 0 unspecified atom stereocenters. The van der Waals surface area contributed by atoms with Crippen LogP contribution in [0.1, 0.15) is 11.3 Å². The van der Waals surface area contributed by atoms with E-state index in [-0.39, 0.29) is 5.69 Å². The van der Waals surface area contributed by atoms with Gasteiger partial charge in [0.25, 0.3) is 5.69 Å². The van der Waals surface area contributed by atoms with Crippen LogP contribution >= 0.6 is 11.6 Å². The molecule has 25 heavy (non-hydrogen) atoms. The number of rotatable bonds is 6. The molecule has 0 amide bonds. The largest absolute Gasteiger partial charge is 0.455 e. The van der Waals surface area contributed by atoms with Crippen molar-refractivity contribution >= 4 is 23.5 Å². The molecule has 0 saturated carbocycles. The first-order valence-electron chi connectivity index (χ1n) is 7.48. The Labute approximate surface area is 148 Å². The highest BCUT2D eigenvalue weighted by molar-refractivity contribution is 6.31. The molecule has 3 rings (SSSR count). The summed E-state index contributed by atoms with van der Waals surface area (Å²) in [6, 6.07) is 17.3. The Kier molecular flexibility index (Phi) is 5.11. The van der Waals surface area contributed by atoms with Crippen LogP contribution < -0.4 is 5.43 Å². The van der Waals surface area contributed by atoms with Crippen molar-refractivity contribution in [3.05, 3.63) is 87.1 Å².